The van der Waals surface area contributed by atoms with Crippen LogP contribution in [0.4, 0.5) is 0 Å². The zero-order chi connectivity index (χ0) is 13.9. The van der Waals surface area contributed by atoms with Crippen molar-refractivity contribution in [2.45, 2.75) is 37.7 Å². The summed E-state index contributed by atoms with van der Waals surface area (Å²) in [5.74, 6) is 0.291. The van der Waals surface area contributed by atoms with E-state index >= 15 is 0 Å². The third-order valence-corrected chi connectivity index (χ3v) is 4.96. The quantitative estimate of drug-likeness (QED) is 0.789. The van der Waals surface area contributed by atoms with E-state index in [0.29, 0.717) is 5.92 Å². The summed E-state index contributed by atoms with van der Waals surface area (Å²) in [6, 6.07) is 17.1. The number of aryl methyl sites for hydroxylation is 1. The largest absolute Gasteiger partial charge is 0.392 e. The van der Waals surface area contributed by atoms with E-state index in [0.717, 1.165) is 19.3 Å². The SMILES string of the molecule is OC(Cc1ccc(I)cc1)C1CCCc2ccccc21. The molecule has 1 nitrogen and oxygen atoms in total. The van der Waals surface area contributed by atoms with Crippen LogP contribution in [0, 0.1) is 3.57 Å². The van der Waals surface area contributed by atoms with Gasteiger partial charge in [0.25, 0.3) is 0 Å². The summed E-state index contributed by atoms with van der Waals surface area (Å²) >= 11 is 2.31. The van der Waals surface area contributed by atoms with Gasteiger partial charge in [0.15, 0.2) is 0 Å². The fraction of sp³-hybridized carbons (Fsp3) is 0.333. The van der Waals surface area contributed by atoms with Gasteiger partial charge < -0.3 is 5.11 Å². The number of aliphatic hydroxyl groups excluding tert-OH is 1. The van der Waals surface area contributed by atoms with Crippen LogP contribution in [0.15, 0.2) is 48.5 Å². The van der Waals surface area contributed by atoms with Crippen molar-refractivity contribution in [1.82, 2.24) is 0 Å². The van der Waals surface area contributed by atoms with Crippen LogP contribution in [0.1, 0.15) is 35.4 Å². The Kier molecular flexibility index (Phi) is 4.41. The first-order valence-corrected chi connectivity index (χ1v) is 8.32. The monoisotopic (exact) mass is 378 g/mol. The third-order valence-electron chi connectivity index (χ3n) is 4.24. The summed E-state index contributed by atoms with van der Waals surface area (Å²) in [6.07, 6.45) is 3.91. The maximum absolute atomic E-state index is 10.6. The van der Waals surface area contributed by atoms with Gasteiger partial charge in [-0.2, -0.15) is 0 Å². The van der Waals surface area contributed by atoms with E-state index in [1.165, 1.54) is 26.7 Å². The molecule has 2 aromatic rings. The van der Waals surface area contributed by atoms with Crippen LogP contribution in [-0.4, -0.2) is 11.2 Å². The van der Waals surface area contributed by atoms with Crippen LogP contribution in [0.5, 0.6) is 0 Å². The average molecular weight is 378 g/mol. The van der Waals surface area contributed by atoms with Crippen LogP contribution in [0.2, 0.25) is 0 Å². The molecule has 0 saturated heterocycles. The number of hydrogen-bond acceptors (Lipinski definition) is 1. The summed E-state index contributed by atoms with van der Waals surface area (Å²) in [4.78, 5) is 0. The molecule has 20 heavy (non-hydrogen) atoms. The Morgan fingerprint density at radius 1 is 1.10 bits per heavy atom. The highest BCUT2D eigenvalue weighted by Crippen LogP contribution is 2.34. The minimum absolute atomic E-state index is 0.281. The molecule has 0 fully saturated rings. The van der Waals surface area contributed by atoms with Crippen molar-refractivity contribution in [3.8, 4) is 0 Å². The summed E-state index contributed by atoms with van der Waals surface area (Å²) < 4.78 is 1.24. The molecular weight excluding hydrogens is 359 g/mol. The van der Waals surface area contributed by atoms with Crippen molar-refractivity contribution in [3.63, 3.8) is 0 Å². The first-order valence-electron chi connectivity index (χ1n) is 7.24. The molecular formula is C18H19IO. The molecule has 2 aromatic carbocycles. The molecule has 1 N–H and O–H groups in total. The van der Waals surface area contributed by atoms with E-state index in [-0.39, 0.29) is 6.10 Å². The van der Waals surface area contributed by atoms with Crippen molar-refractivity contribution in [2.24, 2.45) is 0 Å². The molecule has 1 aliphatic rings. The van der Waals surface area contributed by atoms with Crippen molar-refractivity contribution in [2.75, 3.05) is 0 Å². The normalized spacial score (nSPS) is 19.4. The van der Waals surface area contributed by atoms with Crippen LogP contribution in [0.25, 0.3) is 0 Å². The minimum atomic E-state index is -0.281. The second kappa shape index (κ2) is 6.27. The predicted octanol–water partition coefficient (Wildman–Crippen LogP) is 4.31. The molecule has 0 amide bonds. The van der Waals surface area contributed by atoms with E-state index in [9.17, 15) is 5.11 Å². The molecule has 2 unspecified atom stereocenters. The van der Waals surface area contributed by atoms with E-state index in [1.807, 2.05) is 0 Å². The van der Waals surface area contributed by atoms with E-state index in [4.69, 9.17) is 0 Å². The highest BCUT2D eigenvalue weighted by atomic mass is 127. The number of halogens is 1. The van der Waals surface area contributed by atoms with Gasteiger partial charge in [-0.25, -0.2) is 0 Å². The molecule has 2 atom stereocenters. The Balaban J connectivity index is 1.78. The summed E-state index contributed by atoms with van der Waals surface area (Å²) in [5, 5.41) is 10.6. The second-order valence-electron chi connectivity index (χ2n) is 5.60. The van der Waals surface area contributed by atoms with Crippen LogP contribution < -0.4 is 0 Å². The van der Waals surface area contributed by atoms with Gasteiger partial charge in [0.05, 0.1) is 6.10 Å². The Labute approximate surface area is 134 Å². The molecule has 0 saturated carbocycles. The molecule has 0 spiro atoms. The summed E-state index contributed by atoms with van der Waals surface area (Å²) in [5.41, 5.74) is 4.00. The van der Waals surface area contributed by atoms with Crippen LogP contribution in [0.3, 0.4) is 0 Å². The fourth-order valence-electron chi connectivity index (χ4n) is 3.20. The molecule has 3 rings (SSSR count). The predicted molar refractivity (Wildman–Crippen MR) is 91.0 cm³/mol. The summed E-state index contributed by atoms with van der Waals surface area (Å²) in [6.45, 7) is 0. The van der Waals surface area contributed by atoms with Crippen molar-refractivity contribution < 1.29 is 5.11 Å². The van der Waals surface area contributed by atoms with E-state index in [1.54, 1.807) is 0 Å². The lowest BCUT2D eigenvalue weighted by Crippen LogP contribution is -2.24. The Morgan fingerprint density at radius 3 is 2.65 bits per heavy atom. The van der Waals surface area contributed by atoms with Gasteiger partial charge >= 0.3 is 0 Å². The van der Waals surface area contributed by atoms with Gasteiger partial charge in [-0.3, -0.25) is 0 Å². The smallest absolute Gasteiger partial charge is 0.0649 e. The number of aliphatic hydroxyl groups is 1. The molecule has 0 radical (unpaired) electrons. The number of hydrogen-bond donors (Lipinski definition) is 1. The standard InChI is InChI=1S/C18H19IO/c19-15-10-8-13(9-11-15)12-18(20)17-7-3-5-14-4-1-2-6-16(14)17/h1-2,4,6,8-11,17-18,20H,3,5,7,12H2. The highest BCUT2D eigenvalue weighted by molar-refractivity contribution is 14.1. The Bertz CT molecular complexity index is 576. The molecule has 0 aliphatic heterocycles. The lowest BCUT2D eigenvalue weighted by atomic mass is 9.78. The lowest BCUT2D eigenvalue weighted by molar-refractivity contribution is 0.134. The highest BCUT2D eigenvalue weighted by Gasteiger charge is 2.26. The van der Waals surface area contributed by atoms with Crippen LogP contribution in [-0.2, 0) is 12.8 Å². The Hall–Kier alpha value is -0.870. The van der Waals surface area contributed by atoms with Gasteiger partial charge in [-0.15, -0.1) is 0 Å². The molecule has 2 heteroatoms. The zero-order valence-electron chi connectivity index (χ0n) is 11.4. The van der Waals surface area contributed by atoms with Gasteiger partial charge in [0, 0.05) is 9.49 Å². The van der Waals surface area contributed by atoms with E-state index in [2.05, 4.69) is 71.1 Å². The number of rotatable bonds is 3. The molecule has 0 aromatic heterocycles. The second-order valence-corrected chi connectivity index (χ2v) is 6.84. The van der Waals surface area contributed by atoms with Crippen LogP contribution >= 0.6 is 22.6 Å². The van der Waals surface area contributed by atoms with Gasteiger partial charge in [-0.05, 0) is 77.1 Å². The minimum Gasteiger partial charge on any atom is -0.392 e. The molecule has 104 valence electrons. The third kappa shape index (κ3) is 3.07. The fourth-order valence-corrected chi connectivity index (χ4v) is 3.56. The maximum Gasteiger partial charge on any atom is 0.0649 e. The zero-order valence-corrected chi connectivity index (χ0v) is 13.6. The van der Waals surface area contributed by atoms with Gasteiger partial charge in [-0.1, -0.05) is 36.4 Å². The maximum atomic E-state index is 10.6. The first kappa shape index (κ1) is 14.1. The molecule has 0 heterocycles. The molecule has 0 bridgehead atoms. The summed E-state index contributed by atoms with van der Waals surface area (Å²) in [7, 11) is 0. The molecule has 1 aliphatic carbocycles. The Morgan fingerprint density at radius 2 is 1.85 bits per heavy atom. The van der Waals surface area contributed by atoms with Crippen molar-refractivity contribution in [3.05, 3.63) is 68.8 Å². The van der Waals surface area contributed by atoms with Crippen molar-refractivity contribution >= 4 is 22.6 Å². The van der Waals surface area contributed by atoms with Gasteiger partial charge in [0.1, 0.15) is 0 Å². The number of fused-ring (bicyclic) bond motifs is 1. The van der Waals surface area contributed by atoms with E-state index < -0.39 is 0 Å². The number of benzene rings is 2. The topological polar surface area (TPSA) is 20.2 Å². The average Bonchev–Trinajstić information content (AvgIpc) is 2.49. The first-order chi connectivity index (χ1) is 9.74. The lowest BCUT2D eigenvalue weighted by Gasteiger charge is -2.29. The van der Waals surface area contributed by atoms with Gasteiger partial charge in [0.2, 0.25) is 0 Å². The van der Waals surface area contributed by atoms with Crippen molar-refractivity contribution in [1.29, 1.82) is 0 Å².